The molecular weight excluding hydrogens is 306 g/mol. The van der Waals surface area contributed by atoms with E-state index in [1.807, 2.05) is 32.5 Å². The average Bonchev–Trinajstić information content (AvgIpc) is 2.79. The van der Waals surface area contributed by atoms with Gasteiger partial charge in [0.05, 0.1) is 11.3 Å². The number of carbonyl (C=O) groups excluding carboxylic acids is 1. The molecule has 0 spiro atoms. The smallest absolute Gasteiger partial charge is 0.335 e. The van der Waals surface area contributed by atoms with Crippen molar-refractivity contribution in [3.63, 3.8) is 0 Å². The van der Waals surface area contributed by atoms with E-state index in [0.29, 0.717) is 13.0 Å². The molecule has 1 heterocycles. The fourth-order valence-electron chi connectivity index (χ4n) is 2.69. The third-order valence-corrected chi connectivity index (χ3v) is 4.26. The van der Waals surface area contributed by atoms with Crippen LogP contribution in [-0.2, 0) is 24.8 Å². The molecule has 0 aliphatic carbocycles. The van der Waals surface area contributed by atoms with Crippen molar-refractivity contribution >= 4 is 11.9 Å². The summed E-state index contributed by atoms with van der Waals surface area (Å²) < 4.78 is 1.83. The van der Waals surface area contributed by atoms with Gasteiger partial charge in [-0.3, -0.25) is 9.48 Å². The Labute approximate surface area is 141 Å². The molecule has 2 aromatic rings. The van der Waals surface area contributed by atoms with Crippen LogP contribution in [-0.4, -0.2) is 26.8 Å². The van der Waals surface area contributed by atoms with Crippen molar-refractivity contribution in [2.24, 2.45) is 13.0 Å². The maximum Gasteiger partial charge on any atom is 0.335 e. The van der Waals surface area contributed by atoms with E-state index in [-0.39, 0.29) is 17.4 Å². The first-order valence-corrected chi connectivity index (χ1v) is 7.88. The second-order valence-corrected chi connectivity index (χ2v) is 6.10. The Morgan fingerprint density at radius 2 is 2.04 bits per heavy atom. The van der Waals surface area contributed by atoms with Crippen molar-refractivity contribution in [3.8, 4) is 0 Å². The van der Waals surface area contributed by atoms with Crippen LogP contribution in [0.3, 0.4) is 0 Å². The second kappa shape index (κ2) is 7.29. The molecule has 128 valence electrons. The minimum Gasteiger partial charge on any atom is -0.478 e. The Hall–Kier alpha value is -2.63. The Kier molecular flexibility index (Phi) is 5.39. The van der Waals surface area contributed by atoms with Gasteiger partial charge in [0.15, 0.2) is 0 Å². The Morgan fingerprint density at radius 3 is 2.62 bits per heavy atom. The van der Waals surface area contributed by atoms with E-state index in [4.69, 9.17) is 5.11 Å². The van der Waals surface area contributed by atoms with E-state index >= 15 is 0 Å². The van der Waals surface area contributed by atoms with Crippen LogP contribution in [0.15, 0.2) is 24.3 Å². The zero-order valence-electron chi connectivity index (χ0n) is 14.5. The quantitative estimate of drug-likeness (QED) is 0.851. The molecule has 6 nitrogen and oxygen atoms in total. The SMILES string of the molecule is Cc1nn(C)c(C)c1C[C@@H](C)C(=O)NCc1cccc(C(=O)O)c1. The van der Waals surface area contributed by atoms with Gasteiger partial charge < -0.3 is 10.4 Å². The van der Waals surface area contributed by atoms with E-state index in [2.05, 4.69) is 10.4 Å². The largest absolute Gasteiger partial charge is 0.478 e. The van der Waals surface area contributed by atoms with Crippen LogP contribution in [0.2, 0.25) is 0 Å². The van der Waals surface area contributed by atoms with Crippen LogP contribution in [0.25, 0.3) is 0 Å². The molecule has 24 heavy (non-hydrogen) atoms. The van der Waals surface area contributed by atoms with Crippen molar-refractivity contribution in [3.05, 3.63) is 52.3 Å². The standard InChI is InChI=1S/C18H23N3O3/c1-11(8-16-12(2)20-21(4)13(16)3)17(22)19-10-14-6-5-7-15(9-14)18(23)24/h5-7,9,11H,8,10H2,1-4H3,(H,19,22)(H,23,24)/t11-/m1/s1. The first-order valence-electron chi connectivity index (χ1n) is 7.88. The molecule has 1 atom stereocenters. The summed E-state index contributed by atoms with van der Waals surface area (Å²) in [6.07, 6.45) is 0.631. The lowest BCUT2D eigenvalue weighted by Gasteiger charge is -2.13. The van der Waals surface area contributed by atoms with Crippen molar-refractivity contribution < 1.29 is 14.7 Å². The minimum atomic E-state index is -0.973. The lowest BCUT2D eigenvalue weighted by molar-refractivity contribution is -0.124. The van der Waals surface area contributed by atoms with Crippen LogP contribution in [0.4, 0.5) is 0 Å². The summed E-state index contributed by atoms with van der Waals surface area (Å²) in [5.41, 5.74) is 4.11. The van der Waals surface area contributed by atoms with Crippen molar-refractivity contribution in [1.82, 2.24) is 15.1 Å². The summed E-state index contributed by atoms with van der Waals surface area (Å²) in [6, 6.07) is 6.58. The highest BCUT2D eigenvalue weighted by atomic mass is 16.4. The van der Waals surface area contributed by atoms with Gasteiger partial charge in [-0.1, -0.05) is 19.1 Å². The van der Waals surface area contributed by atoms with Crippen LogP contribution in [0, 0.1) is 19.8 Å². The summed E-state index contributed by atoms with van der Waals surface area (Å²) in [4.78, 5) is 23.3. The molecule has 0 aliphatic heterocycles. The summed E-state index contributed by atoms with van der Waals surface area (Å²) in [5, 5.41) is 16.2. The molecule has 0 bridgehead atoms. The molecule has 0 aliphatic rings. The van der Waals surface area contributed by atoms with Crippen molar-refractivity contribution in [2.75, 3.05) is 0 Å². The van der Waals surface area contributed by atoms with Gasteiger partial charge in [0.25, 0.3) is 0 Å². The number of rotatable bonds is 6. The maximum absolute atomic E-state index is 12.3. The number of carbonyl (C=O) groups is 2. The topological polar surface area (TPSA) is 84.2 Å². The maximum atomic E-state index is 12.3. The number of aryl methyl sites for hydroxylation is 2. The zero-order valence-corrected chi connectivity index (χ0v) is 14.5. The van der Waals surface area contributed by atoms with Crippen LogP contribution in [0.5, 0.6) is 0 Å². The highest BCUT2D eigenvalue weighted by molar-refractivity contribution is 5.87. The number of benzene rings is 1. The van der Waals surface area contributed by atoms with Crippen molar-refractivity contribution in [1.29, 1.82) is 0 Å². The van der Waals surface area contributed by atoms with Gasteiger partial charge in [0.1, 0.15) is 0 Å². The average molecular weight is 329 g/mol. The van der Waals surface area contributed by atoms with Gasteiger partial charge in [0.2, 0.25) is 5.91 Å². The molecule has 1 amide bonds. The van der Waals surface area contributed by atoms with Gasteiger partial charge in [-0.05, 0) is 43.5 Å². The number of hydrogen-bond donors (Lipinski definition) is 2. The molecule has 0 unspecified atom stereocenters. The third kappa shape index (κ3) is 4.01. The number of aromatic nitrogens is 2. The fourth-order valence-corrected chi connectivity index (χ4v) is 2.69. The summed E-state index contributed by atoms with van der Waals surface area (Å²) in [5.74, 6) is -1.22. The number of nitrogens with zero attached hydrogens (tertiary/aromatic N) is 2. The van der Waals surface area contributed by atoms with Crippen LogP contribution in [0.1, 0.15) is 39.8 Å². The Bertz CT molecular complexity index is 765. The van der Waals surface area contributed by atoms with Crippen LogP contribution >= 0.6 is 0 Å². The van der Waals surface area contributed by atoms with Crippen molar-refractivity contribution in [2.45, 2.75) is 33.7 Å². The third-order valence-electron chi connectivity index (χ3n) is 4.26. The minimum absolute atomic E-state index is 0.0571. The first kappa shape index (κ1) is 17.7. The lowest BCUT2D eigenvalue weighted by Crippen LogP contribution is -2.30. The van der Waals surface area contributed by atoms with Gasteiger partial charge in [-0.2, -0.15) is 5.10 Å². The van der Waals surface area contributed by atoms with Gasteiger partial charge >= 0.3 is 5.97 Å². The molecule has 1 aromatic heterocycles. The molecule has 0 fully saturated rings. The highest BCUT2D eigenvalue weighted by Crippen LogP contribution is 2.17. The molecule has 0 saturated carbocycles. The molecule has 1 aromatic carbocycles. The number of amides is 1. The number of carboxylic acid groups (broad SMARTS) is 1. The predicted octanol–water partition coefficient (Wildman–Crippen LogP) is 2.23. The van der Waals surface area contributed by atoms with Gasteiger partial charge in [-0.25, -0.2) is 4.79 Å². The molecule has 0 saturated heterocycles. The number of hydrogen-bond acceptors (Lipinski definition) is 3. The Morgan fingerprint density at radius 1 is 1.33 bits per heavy atom. The number of aromatic carboxylic acids is 1. The highest BCUT2D eigenvalue weighted by Gasteiger charge is 2.18. The summed E-state index contributed by atoms with van der Waals surface area (Å²) in [7, 11) is 1.89. The lowest BCUT2D eigenvalue weighted by atomic mass is 9.98. The summed E-state index contributed by atoms with van der Waals surface area (Å²) >= 11 is 0. The van der Waals surface area contributed by atoms with E-state index in [1.54, 1.807) is 18.2 Å². The summed E-state index contributed by atoms with van der Waals surface area (Å²) in [6.45, 7) is 6.14. The fraction of sp³-hybridized carbons (Fsp3) is 0.389. The normalized spacial score (nSPS) is 12.0. The number of nitrogens with one attached hydrogen (secondary N) is 1. The molecule has 2 N–H and O–H groups in total. The zero-order chi connectivity index (χ0) is 17.9. The molecule has 2 rings (SSSR count). The van der Waals surface area contributed by atoms with E-state index in [1.165, 1.54) is 6.07 Å². The van der Waals surface area contributed by atoms with Gasteiger partial charge in [-0.15, -0.1) is 0 Å². The van der Waals surface area contributed by atoms with Gasteiger partial charge in [0, 0.05) is 25.2 Å². The number of carboxylic acids is 1. The van der Waals surface area contributed by atoms with Crippen LogP contribution < -0.4 is 5.32 Å². The molecule has 6 heteroatoms. The monoisotopic (exact) mass is 329 g/mol. The first-order chi connectivity index (χ1) is 11.3. The van der Waals surface area contributed by atoms with E-state index < -0.39 is 5.97 Å². The Balaban J connectivity index is 1.97. The predicted molar refractivity (Wildman–Crippen MR) is 90.8 cm³/mol. The molecular formula is C18H23N3O3. The van der Waals surface area contributed by atoms with E-state index in [0.717, 1.165) is 22.5 Å². The molecule has 0 radical (unpaired) electrons. The second-order valence-electron chi connectivity index (χ2n) is 6.10. The van der Waals surface area contributed by atoms with E-state index in [9.17, 15) is 9.59 Å².